The van der Waals surface area contributed by atoms with Crippen molar-refractivity contribution < 1.29 is 9.84 Å². The highest BCUT2D eigenvalue weighted by Gasteiger charge is 2.15. The van der Waals surface area contributed by atoms with Crippen LogP contribution >= 0.6 is 0 Å². The molecule has 0 amide bonds. The van der Waals surface area contributed by atoms with E-state index in [0.717, 1.165) is 45.1 Å². The predicted octanol–water partition coefficient (Wildman–Crippen LogP) is 1.51. The van der Waals surface area contributed by atoms with Crippen LogP contribution in [0.15, 0.2) is 0 Å². The summed E-state index contributed by atoms with van der Waals surface area (Å²) in [6.45, 7) is 5.96. The highest BCUT2D eigenvalue weighted by molar-refractivity contribution is 4.67. The lowest BCUT2D eigenvalue weighted by Crippen LogP contribution is -2.31. The van der Waals surface area contributed by atoms with E-state index in [-0.39, 0.29) is 6.10 Å². The summed E-state index contributed by atoms with van der Waals surface area (Å²) < 4.78 is 5.46. The maximum atomic E-state index is 9.15. The van der Waals surface area contributed by atoms with Crippen LogP contribution < -0.4 is 0 Å². The molecule has 1 saturated heterocycles. The largest absolute Gasteiger partial charge is 0.393 e. The van der Waals surface area contributed by atoms with E-state index in [1.807, 2.05) is 6.92 Å². The van der Waals surface area contributed by atoms with Gasteiger partial charge < -0.3 is 14.7 Å². The van der Waals surface area contributed by atoms with E-state index in [0.29, 0.717) is 0 Å². The lowest BCUT2D eigenvalue weighted by Gasteiger charge is -2.27. The van der Waals surface area contributed by atoms with Crippen LogP contribution in [0, 0.1) is 5.92 Å². The molecule has 0 aromatic heterocycles. The SMILES string of the molecule is CC(O)CCCN(C)CC1CCCOC1. The Hall–Kier alpha value is -0.120. The molecule has 3 heteroatoms. The molecule has 2 atom stereocenters. The second kappa shape index (κ2) is 7.20. The molecule has 2 unspecified atom stereocenters. The van der Waals surface area contributed by atoms with Gasteiger partial charge in [-0.1, -0.05) is 0 Å². The van der Waals surface area contributed by atoms with Gasteiger partial charge in [-0.2, -0.15) is 0 Å². The minimum absolute atomic E-state index is 0.156. The third-order valence-corrected chi connectivity index (χ3v) is 2.99. The van der Waals surface area contributed by atoms with E-state index >= 15 is 0 Å². The number of aliphatic hydroxyl groups is 1. The Morgan fingerprint density at radius 2 is 2.33 bits per heavy atom. The van der Waals surface area contributed by atoms with E-state index in [1.165, 1.54) is 12.8 Å². The van der Waals surface area contributed by atoms with Crippen molar-refractivity contribution in [1.29, 1.82) is 0 Å². The number of ether oxygens (including phenoxy) is 1. The van der Waals surface area contributed by atoms with Crippen molar-refractivity contribution >= 4 is 0 Å². The monoisotopic (exact) mass is 215 g/mol. The smallest absolute Gasteiger partial charge is 0.0512 e. The molecule has 0 aromatic rings. The fourth-order valence-corrected chi connectivity index (χ4v) is 2.14. The van der Waals surface area contributed by atoms with Crippen LogP contribution in [0.25, 0.3) is 0 Å². The molecule has 1 rings (SSSR count). The summed E-state index contributed by atoms with van der Waals surface area (Å²) in [5.41, 5.74) is 0. The topological polar surface area (TPSA) is 32.7 Å². The second-order valence-corrected chi connectivity index (χ2v) is 4.84. The molecule has 0 aliphatic carbocycles. The highest BCUT2D eigenvalue weighted by atomic mass is 16.5. The zero-order chi connectivity index (χ0) is 11.1. The molecule has 1 N–H and O–H groups in total. The fraction of sp³-hybridized carbons (Fsp3) is 1.00. The molecule has 0 saturated carbocycles. The summed E-state index contributed by atoms with van der Waals surface area (Å²) in [5.74, 6) is 0.718. The van der Waals surface area contributed by atoms with Crippen molar-refractivity contribution in [1.82, 2.24) is 4.90 Å². The Labute approximate surface area is 93.4 Å². The maximum Gasteiger partial charge on any atom is 0.0512 e. The maximum absolute atomic E-state index is 9.15. The van der Waals surface area contributed by atoms with E-state index in [9.17, 15) is 0 Å². The molecular weight excluding hydrogens is 190 g/mol. The van der Waals surface area contributed by atoms with Crippen LogP contribution in [0.4, 0.5) is 0 Å². The lowest BCUT2D eigenvalue weighted by atomic mass is 10.0. The summed E-state index contributed by atoms with van der Waals surface area (Å²) in [4.78, 5) is 2.36. The van der Waals surface area contributed by atoms with Gasteiger partial charge in [-0.15, -0.1) is 0 Å². The van der Waals surface area contributed by atoms with Crippen molar-refractivity contribution in [2.75, 3.05) is 33.4 Å². The first kappa shape index (κ1) is 12.9. The van der Waals surface area contributed by atoms with Gasteiger partial charge in [-0.3, -0.25) is 0 Å². The van der Waals surface area contributed by atoms with Gasteiger partial charge in [0, 0.05) is 13.2 Å². The zero-order valence-electron chi connectivity index (χ0n) is 10.1. The molecule has 0 spiro atoms. The summed E-state index contributed by atoms with van der Waals surface area (Å²) >= 11 is 0. The molecule has 1 aliphatic rings. The van der Waals surface area contributed by atoms with Crippen molar-refractivity contribution in [2.45, 2.75) is 38.7 Å². The summed E-state index contributed by atoms with van der Waals surface area (Å²) in [5, 5.41) is 9.15. The molecular formula is C12H25NO2. The average Bonchev–Trinajstić information content (AvgIpc) is 2.18. The summed E-state index contributed by atoms with van der Waals surface area (Å²) in [7, 11) is 2.16. The Balaban J connectivity index is 2.03. The van der Waals surface area contributed by atoms with Crippen molar-refractivity contribution in [3.63, 3.8) is 0 Å². The molecule has 90 valence electrons. The molecule has 1 heterocycles. The number of hydrogen-bond donors (Lipinski definition) is 1. The Kier molecular flexibility index (Phi) is 6.22. The van der Waals surface area contributed by atoms with Gasteiger partial charge in [-0.05, 0) is 52.1 Å². The van der Waals surface area contributed by atoms with Gasteiger partial charge in [0.2, 0.25) is 0 Å². The third-order valence-electron chi connectivity index (χ3n) is 2.99. The summed E-state index contributed by atoms with van der Waals surface area (Å²) in [6, 6.07) is 0. The summed E-state index contributed by atoms with van der Waals surface area (Å²) in [6.07, 6.45) is 4.36. The Morgan fingerprint density at radius 3 is 2.93 bits per heavy atom. The van der Waals surface area contributed by atoms with Crippen LogP contribution in [-0.2, 0) is 4.74 Å². The normalized spacial score (nSPS) is 24.4. The van der Waals surface area contributed by atoms with Crippen LogP contribution in [0.2, 0.25) is 0 Å². The quantitative estimate of drug-likeness (QED) is 0.729. The lowest BCUT2D eigenvalue weighted by molar-refractivity contribution is 0.0414. The van der Waals surface area contributed by atoms with E-state index in [4.69, 9.17) is 9.84 Å². The van der Waals surface area contributed by atoms with Gasteiger partial charge in [0.15, 0.2) is 0 Å². The number of nitrogens with zero attached hydrogens (tertiary/aromatic N) is 1. The standard InChI is InChI=1S/C12H25NO2/c1-11(14)5-3-7-13(2)9-12-6-4-8-15-10-12/h11-12,14H,3-10H2,1-2H3. The second-order valence-electron chi connectivity index (χ2n) is 4.84. The minimum Gasteiger partial charge on any atom is -0.393 e. The van der Waals surface area contributed by atoms with Crippen LogP contribution in [0.3, 0.4) is 0 Å². The van der Waals surface area contributed by atoms with Crippen molar-refractivity contribution in [2.24, 2.45) is 5.92 Å². The number of hydrogen-bond acceptors (Lipinski definition) is 3. The molecule has 3 nitrogen and oxygen atoms in total. The third kappa shape index (κ3) is 6.13. The Bertz CT molecular complexity index is 156. The first-order chi connectivity index (χ1) is 7.18. The molecule has 0 aromatic carbocycles. The Morgan fingerprint density at radius 1 is 1.53 bits per heavy atom. The van der Waals surface area contributed by atoms with Crippen LogP contribution in [0.5, 0.6) is 0 Å². The van der Waals surface area contributed by atoms with Crippen LogP contribution in [-0.4, -0.2) is 49.5 Å². The van der Waals surface area contributed by atoms with E-state index < -0.39 is 0 Å². The number of aliphatic hydroxyl groups excluding tert-OH is 1. The minimum atomic E-state index is -0.156. The predicted molar refractivity (Wildman–Crippen MR) is 62.0 cm³/mol. The molecule has 1 aliphatic heterocycles. The fourth-order valence-electron chi connectivity index (χ4n) is 2.14. The van der Waals surface area contributed by atoms with Crippen molar-refractivity contribution in [3.8, 4) is 0 Å². The zero-order valence-corrected chi connectivity index (χ0v) is 10.1. The first-order valence-electron chi connectivity index (χ1n) is 6.13. The van der Waals surface area contributed by atoms with Crippen molar-refractivity contribution in [3.05, 3.63) is 0 Å². The van der Waals surface area contributed by atoms with Gasteiger partial charge in [0.1, 0.15) is 0 Å². The molecule has 0 bridgehead atoms. The highest BCUT2D eigenvalue weighted by Crippen LogP contribution is 2.14. The van der Waals surface area contributed by atoms with Gasteiger partial charge in [0.25, 0.3) is 0 Å². The molecule has 1 fully saturated rings. The number of rotatable bonds is 6. The van der Waals surface area contributed by atoms with Gasteiger partial charge >= 0.3 is 0 Å². The van der Waals surface area contributed by atoms with Gasteiger partial charge in [-0.25, -0.2) is 0 Å². The molecule has 15 heavy (non-hydrogen) atoms. The van der Waals surface area contributed by atoms with Gasteiger partial charge in [0.05, 0.1) is 12.7 Å². The van der Waals surface area contributed by atoms with E-state index in [2.05, 4.69) is 11.9 Å². The van der Waals surface area contributed by atoms with E-state index in [1.54, 1.807) is 0 Å². The molecule has 0 radical (unpaired) electrons. The first-order valence-corrected chi connectivity index (χ1v) is 6.13. The average molecular weight is 215 g/mol. The van der Waals surface area contributed by atoms with Crippen LogP contribution in [0.1, 0.15) is 32.6 Å².